The van der Waals surface area contributed by atoms with Gasteiger partial charge in [-0.25, -0.2) is 8.78 Å². The lowest BCUT2D eigenvalue weighted by atomic mass is 9.98. The normalized spacial score (nSPS) is 19.5. The molecule has 1 atom stereocenters. The maximum atomic E-state index is 13.8. The van der Waals surface area contributed by atoms with Crippen molar-refractivity contribution in [3.05, 3.63) is 29.3 Å². The lowest BCUT2D eigenvalue weighted by Gasteiger charge is -2.32. The van der Waals surface area contributed by atoms with Crippen LogP contribution in [0, 0.1) is 17.6 Å². The number of carbonyl (C=O) groups excluding carboxylic acids is 1. The number of halogens is 2. The van der Waals surface area contributed by atoms with E-state index in [1.807, 2.05) is 0 Å². The van der Waals surface area contributed by atoms with Gasteiger partial charge < -0.3 is 15.7 Å². The summed E-state index contributed by atoms with van der Waals surface area (Å²) >= 11 is 0. The summed E-state index contributed by atoms with van der Waals surface area (Å²) < 4.78 is 27.4. The summed E-state index contributed by atoms with van der Waals surface area (Å²) in [5, 5.41) is 9.11. The lowest BCUT2D eigenvalue weighted by molar-refractivity contribution is 0.0611. The van der Waals surface area contributed by atoms with Gasteiger partial charge in [0, 0.05) is 19.7 Å². The maximum absolute atomic E-state index is 13.8. The first kappa shape index (κ1) is 13.7. The standard InChI is InChI=1S/C13H16F2N2O2/c14-9-3-4-10(16)12(15)11(9)13(19)17-5-1-2-8(6-17)7-18/h3-4,8,18H,1-2,5-7,16H2. The molecule has 4 nitrogen and oxygen atoms in total. The highest BCUT2D eigenvalue weighted by Crippen LogP contribution is 2.23. The molecule has 1 aromatic rings. The summed E-state index contributed by atoms with van der Waals surface area (Å²) in [5.74, 6) is -2.68. The zero-order valence-corrected chi connectivity index (χ0v) is 10.4. The van der Waals surface area contributed by atoms with Crippen molar-refractivity contribution < 1.29 is 18.7 Å². The number of aliphatic hydroxyl groups is 1. The van der Waals surface area contributed by atoms with Crippen molar-refractivity contribution in [3.8, 4) is 0 Å². The minimum Gasteiger partial charge on any atom is -0.396 e. The van der Waals surface area contributed by atoms with E-state index in [-0.39, 0.29) is 18.2 Å². The summed E-state index contributed by atoms with van der Waals surface area (Å²) in [4.78, 5) is 13.5. The molecule has 19 heavy (non-hydrogen) atoms. The molecular formula is C13H16F2N2O2. The quantitative estimate of drug-likeness (QED) is 0.798. The molecule has 1 aromatic carbocycles. The largest absolute Gasteiger partial charge is 0.396 e. The minimum atomic E-state index is -1.02. The molecule has 104 valence electrons. The smallest absolute Gasteiger partial charge is 0.259 e. The fourth-order valence-corrected chi connectivity index (χ4v) is 2.32. The highest BCUT2D eigenvalue weighted by molar-refractivity contribution is 5.95. The van der Waals surface area contributed by atoms with Gasteiger partial charge in [0.2, 0.25) is 0 Å². The number of likely N-dealkylation sites (tertiary alicyclic amines) is 1. The number of aliphatic hydroxyl groups excluding tert-OH is 1. The Morgan fingerprint density at radius 1 is 1.47 bits per heavy atom. The van der Waals surface area contributed by atoms with E-state index >= 15 is 0 Å². The molecule has 1 amide bonds. The highest BCUT2D eigenvalue weighted by Gasteiger charge is 2.28. The summed E-state index contributed by atoms with van der Waals surface area (Å²) in [7, 11) is 0. The zero-order chi connectivity index (χ0) is 14.0. The van der Waals surface area contributed by atoms with Crippen molar-refractivity contribution in [1.29, 1.82) is 0 Å². The van der Waals surface area contributed by atoms with E-state index in [1.165, 1.54) is 4.90 Å². The van der Waals surface area contributed by atoms with E-state index in [0.717, 1.165) is 18.6 Å². The van der Waals surface area contributed by atoms with Crippen molar-refractivity contribution in [3.63, 3.8) is 0 Å². The number of nitrogens with two attached hydrogens (primary N) is 1. The third-order valence-electron chi connectivity index (χ3n) is 3.40. The molecule has 1 unspecified atom stereocenters. The molecule has 0 radical (unpaired) electrons. The summed E-state index contributed by atoms with van der Waals surface area (Å²) in [6.07, 6.45) is 1.52. The number of piperidine rings is 1. The number of hydrogen-bond acceptors (Lipinski definition) is 3. The molecule has 6 heteroatoms. The van der Waals surface area contributed by atoms with E-state index in [4.69, 9.17) is 10.8 Å². The second kappa shape index (κ2) is 5.52. The van der Waals surface area contributed by atoms with Gasteiger partial charge in [-0.3, -0.25) is 4.79 Å². The Labute approximate surface area is 109 Å². The molecule has 0 bridgehead atoms. The SMILES string of the molecule is Nc1ccc(F)c(C(=O)N2CCCC(CO)C2)c1F. The van der Waals surface area contributed by atoms with Crippen LogP contribution in [0.2, 0.25) is 0 Å². The van der Waals surface area contributed by atoms with Gasteiger partial charge in [0.15, 0.2) is 5.82 Å². The minimum absolute atomic E-state index is 0.0360. The highest BCUT2D eigenvalue weighted by atomic mass is 19.1. The lowest BCUT2D eigenvalue weighted by Crippen LogP contribution is -2.41. The predicted octanol–water partition coefficient (Wildman–Crippen LogP) is 1.39. The van der Waals surface area contributed by atoms with Crippen LogP contribution >= 0.6 is 0 Å². The summed E-state index contributed by atoms with van der Waals surface area (Å²) in [6.45, 7) is 0.706. The molecular weight excluding hydrogens is 254 g/mol. The summed E-state index contributed by atoms with van der Waals surface area (Å²) in [5.41, 5.74) is 4.50. The van der Waals surface area contributed by atoms with Crippen molar-refractivity contribution in [2.75, 3.05) is 25.4 Å². The monoisotopic (exact) mass is 270 g/mol. The average Bonchev–Trinajstić information content (AvgIpc) is 2.43. The number of nitrogens with zero attached hydrogens (tertiary/aromatic N) is 1. The van der Waals surface area contributed by atoms with Crippen LogP contribution in [0.4, 0.5) is 14.5 Å². The molecule has 0 spiro atoms. The topological polar surface area (TPSA) is 66.6 Å². The van der Waals surface area contributed by atoms with E-state index in [9.17, 15) is 13.6 Å². The van der Waals surface area contributed by atoms with E-state index in [1.54, 1.807) is 0 Å². The third-order valence-corrected chi connectivity index (χ3v) is 3.40. The van der Waals surface area contributed by atoms with Crippen LogP contribution in [0.15, 0.2) is 12.1 Å². The number of carbonyl (C=O) groups is 1. The zero-order valence-electron chi connectivity index (χ0n) is 10.4. The van der Waals surface area contributed by atoms with Crippen molar-refractivity contribution in [2.45, 2.75) is 12.8 Å². The molecule has 3 N–H and O–H groups in total. The Morgan fingerprint density at radius 3 is 2.89 bits per heavy atom. The Hall–Kier alpha value is -1.69. The van der Waals surface area contributed by atoms with Crippen molar-refractivity contribution >= 4 is 11.6 Å². The molecule has 1 heterocycles. The first-order valence-electron chi connectivity index (χ1n) is 6.18. The number of hydrogen-bond donors (Lipinski definition) is 2. The van der Waals surface area contributed by atoms with Gasteiger partial charge in [0.05, 0.1) is 5.69 Å². The fourth-order valence-electron chi connectivity index (χ4n) is 2.32. The second-order valence-corrected chi connectivity index (χ2v) is 4.77. The molecule has 0 aliphatic carbocycles. The van der Waals surface area contributed by atoms with E-state index < -0.39 is 23.1 Å². The van der Waals surface area contributed by atoms with Crippen LogP contribution in [-0.4, -0.2) is 35.6 Å². The number of benzene rings is 1. The number of rotatable bonds is 2. The Kier molecular flexibility index (Phi) is 3.99. The van der Waals surface area contributed by atoms with Gasteiger partial charge >= 0.3 is 0 Å². The predicted molar refractivity (Wildman–Crippen MR) is 66.5 cm³/mol. The third kappa shape index (κ3) is 2.68. The Balaban J connectivity index is 2.27. The Morgan fingerprint density at radius 2 is 2.21 bits per heavy atom. The van der Waals surface area contributed by atoms with Crippen LogP contribution in [-0.2, 0) is 0 Å². The Bertz CT molecular complexity index is 494. The first-order valence-corrected chi connectivity index (χ1v) is 6.18. The van der Waals surface area contributed by atoms with E-state index in [0.29, 0.717) is 19.5 Å². The fraction of sp³-hybridized carbons (Fsp3) is 0.462. The molecule has 1 aliphatic heterocycles. The van der Waals surface area contributed by atoms with Gasteiger partial charge in [0.25, 0.3) is 5.91 Å². The maximum Gasteiger partial charge on any atom is 0.259 e. The molecule has 0 aromatic heterocycles. The van der Waals surface area contributed by atoms with Gasteiger partial charge in [-0.2, -0.15) is 0 Å². The molecule has 2 rings (SSSR count). The van der Waals surface area contributed by atoms with Crippen LogP contribution in [0.25, 0.3) is 0 Å². The number of amides is 1. The number of anilines is 1. The molecule has 1 fully saturated rings. The van der Waals surface area contributed by atoms with Crippen LogP contribution in [0.3, 0.4) is 0 Å². The van der Waals surface area contributed by atoms with Gasteiger partial charge in [0.1, 0.15) is 11.4 Å². The average molecular weight is 270 g/mol. The van der Waals surface area contributed by atoms with Crippen LogP contribution in [0.5, 0.6) is 0 Å². The number of nitrogen functional groups attached to an aromatic ring is 1. The van der Waals surface area contributed by atoms with Gasteiger partial charge in [-0.15, -0.1) is 0 Å². The molecule has 1 aliphatic rings. The van der Waals surface area contributed by atoms with E-state index in [2.05, 4.69) is 0 Å². The van der Waals surface area contributed by atoms with Crippen molar-refractivity contribution in [1.82, 2.24) is 4.90 Å². The van der Waals surface area contributed by atoms with Crippen LogP contribution in [0.1, 0.15) is 23.2 Å². The van der Waals surface area contributed by atoms with Crippen LogP contribution < -0.4 is 5.73 Å². The molecule has 1 saturated heterocycles. The summed E-state index contributed by atoms with van der Waals surface area (Å²) in [6, 6.07) is 2.08. The molecule has 0 saturated carbocycles. The van der Waals surface area contributed by atoms with Gasteiger partial charge in [-0.1, -0.05) is 0 Å². The second-order valence-electron chi connectivity index (χ2n) is 4.77. The van der Waals surface area contributed by atoms with Crippen molar-refractivity contribution in [2.24, 2.45) is 5.92 Å². The van der Waals surface area contributed by atoms with Gasteiger partial charge in [-0.05, 0) is 30.9 Å². The first-order chi connectivity index (χ1) is 9.04.